The number of aliphatic hydroxyl groups excluding tert-OH is 2. The van der Waals surface area contributed by atoms with E-state index in [4.69, 9.17) is 4.74 Å². The molecular weight excluding hydrogens is 254 g/mol. The molecular formula is C11H21N3O3S. The molecule has 0 bridgehead atoms. The van der Waals surface area contributed by atoms with Crippen molar-refractivity contribution < 1.29 is 14.9 Å². The highest BCUT2D eigenvalue weighted by molar-refractivity contribution is 8.14. The summed E-state index contributed by atoms with van der Waals surface area (Å²) in [5, 5.41) is 24.1. The van der Waals surface area contributed by atoms with E-state index in [1.54, 1.807) is 0 Å². The zero-order valence-electron chi connectivity index (χ0n) is 10.9. The lowest BCUT2D eigenvalue weighted by Gasteiger charge is -2.39. The molecule has 0 aliphatic carbocycles. The number of aliphatic hydroxyl groups is 2. The zero-order valence-corrected chi connectivity index (χ0v) is 11.7. The Morgan fingerprint density at radius 1 is 1.39 bits per heavy atom. The Kier molecular flexibility index (Phi) is 4.50. The van der Waals surface area contributed by atoms with Crippen LogP contribution >= 0.6 is 11.8 Å². The van der Waals surface area contributed by atoms with Crippen molar-refractivity contribution >= 4 is 16.9 Å². The summed E-state index contributed by atoms with van der Waals surface area (Å²) in [5.41, 5.74) is -0.182. The van der Waals surface area contributed by atoms with E-state index >= 15 is 0 Å². The third kappa shape index (κ3) is 2.80. The molecule has 2 aliphatic heterocycles. The van der Waals surface area contributed by atoms with E-state index < -0.39 is 12.2 Å². The summed E-state index contributed by atoms with van der Waals surface area (Å²) in [5.74, 6) is 0. The second-order valence-electron chi connectivity index (χ2n) is 4.85. The van der Waals surface area contributed by atoms with Gasteiger partial charge in [-0.25, -0.2) is 0 Å². The van der Waals surface area contributed by atoms with E-state index in [-0.39, 0.29) is 17.6 Å². The number of ether oxygens (including phenoxy) is 1. The van der Waals surface area contributed by atoms with Gasteiger partial charge in [0.05, 0.1) is 6.04 Å². The smallest absolute Gasteiger partial charge is 0.159 e. The molecule has 6 nitrogen and oxygen atoms in total. The first-order valence-electron chi connectivity index (χ1n) is 6.17. The molecule has 2 saturated heterocycles. The van der Waals surface area contributed by atoms with Crippen LogP contribution in [0.25, 0.3) is 0 Å². The average Bonchev–Trinajstić information content (AvgIpc) is 2.68. The summed E-state index contributed by atoms with van der Waals surface area (Å²) in [6.07, 6.45) is -2.07. The molecule has 104 valence electrons. The Morgan fingerprint density at radius 3 is 2.72 bits per heavy atom. The number of thioether (sulfide) groups is 1. The minimum absolute atomic E-state index is 0.182. The van der Waals surface area contributed by atoms with Crippen LogP contribution in [0.5, 0.6) is 0 Å². The third-order valence-corrected chi connectivity index (χ3v) is 4.17. The van der Waals surface area contributed by atoms with Crippen molar-refractivity contribution in [3.05, 3.63) is 0 Å². The van der Waals surface area contributed by atoms with Crippen LogP contribution in [0.15, 0.2) is 4.99 Å². The van der Waals surface area contributed by atoms with Crippen LogP contribution in [-0.2, 0) is 4.74 Å². The van der Waals surface area contributed by atoms with Crippen molar-refractivity contribution in [3.63, 3.8) is 0 Å². The van der Waals surface area contributed by atoms with Gasteiger partial charge in [0.15, 0.2) is 5.17 Å². The Labute approximate surface area is 111 Å². The number of aliphatic imine (C=N–C) groups is 1. The van der Waals surface area contributed by atoms with Crippen molar-refractivity contribution in [2.75, 3.05) is 27.2 Å². The Bertz CT molecular complexity index is 327. The lowest BCUT2D eigenvalue weighted by molar-refractivity contribution is -0.159. The van der Waals surface area contributed by atoms with Gasteiger partial charge in [0.1, 0.15) is 23.7 Å². The van der Waals surface area contributed by atoms with Gasteiger partial charge in [-0.2, -0.15) is 0 Å². The van der Waals surface area contributed by atoms with Gasteiger partial charge in [0.2, 0.25) is 0 Å². The maximum absolute atomic E-state index is 10.1. The van der Waals surface area contributed by atoms with E-state index in [1.165, 1.54) is 11.8 Å². The summed E-state index contributed by atoms with van der Waals surface area (Å²) in [7, 11) is 3.83. The molecule has 0 spiro atoms. The minimum atomic E-state index is -0.872. The monoisotopic (exact) mass is 275 g/mol. The van der Waals surface area contributed by atoms with Crippen LogP contribution in [0.3, 0.4) is 0 Å². The number of likely N-dealkylation sites (N-methyl/N-ethyl adjacent to an activating group) is 1. The lowest BCUT2D eigenvalue weighted by Crippen LogP contribution is -2.60. The number of hydrogen-bond donors (Lipinski definition) is 3. The number of hydrogen-bond acceptors (Lipinski definition) is 6. The van der Waals surface area contributed by atoms with Gasteiger partial charge in [0.25, 0.3) is 0 Å². The standard InChI is InChI=1S/C11H21N3O3S/c1-4-12-11-13-7-9(16)8(15)6(5-14(2)3)17-10(7)18-11/h6-10,15-16H,4-5H2,1-3H3,(H,12,13)/t6-,7-,8-,9-,10-/m1/s1. The molecule has 0 radical (unpaired) electrons. The third-order valence-electron chi connectivity index (χ3n) is 3.07. The molecule has 0 aromatic carbocycles. The Hall–Kier alpha value is -0.340. The summed E-state index contributed by atoms with van der Waals surface area (Å²) in [4.78, 5) is 6.22. The topological polar surface area (TPSA) is 77.3 Å². The fourth-order valence-electron chi connectivity index (χ4n) is 2.21. The average molecular weight is 275 g/mol. The predicted octanol–water partition coefficient (Wildman–Crippen LogP) is -0.924. The molecule has 0 saturated carbocycles. The van der Waals surface area contributed by atoms with Crippen LogP contribution in [0.1, 0.15) is 6.92 Å². The first-order valence-corrected chi connectivity index (χ1v) is 7.05. The minimum Gasteiger partial charge on any atom is -0.388 e. The van der Waals surface area contributed by atoms with Crippen molar-refractivity contribution in [1.82, 2.24) is 10.2 Å². The Balaban J connectivity index is 2.06. The van der Waals surface area contributed by atoms with E-state index in [0.717, 1.165) is 5.17 Å². The summed E-state index contributed by atoms with van der Waals surface area (Å²) < 4.78 is 5.85. The maximum Gasteiger partial charge on any atom is 0.159 e. The molecule has 7 heteroatoms. The van der Waals surface area contributed by atoms with Crippen molar-refractivity contribution in [2.24, 2.45) is 4.99 Å². The molecule has 2 aliphatic rings. The first kappa shape index (κ1) is 14.1. The van der Waals surface area contributed by atoms with E-state index in [9.17, 15) is 10.2 Å². The fourth-order valence-corrected chi connectivity index (χ4v) is 3.41. The van der Waals surface area contributed by atoms with Crippen molar-refractivity contribution in [2.45, 2.75) is 36.7 Å². The van der Waals surface area contributed by atoms with Gasteiger partial charge in [-0.1, -0.05) is 11.8 Å². The van der Waals surface area contributed by atoms with Crippen LogP contribution in [0.4, 0.5) is 0 Å². The summed E-state index contributed by atoms with van der Waals surface area (Å²) in [6, 6.07) is -0.284. The van der Waals surface area contributed by atoms with Gasteiger partial charge in [-0.05, 0) is 21.0 Å². The van der Waals surface area contributed by atoms with Crippen LogP contribution in [0.2, 0.25) is 0 Å². The second kappa shape index (κ2) is 5.75. The Morgan fingerprint density at radius 2 is 2.11 bits per heavy atom. The highest BCUT2D eigenvalue weighted by Crippen LogP contribution is 2.33. The summed E-state index contributed by atoms with van der Waals surface area (Å²) >= 11 is 1.48. The zero-order chi connectivity index (χ0) is 13.3. The molecule has 2 fully saturated rings. The lowest BCUT2D eigenvalue weighted by atomic mass is 9.98. The van der Waals surface area contributed by atoms with Crippen LogP contribution < -0.4 is 5.32 Å². The molecule has 0 aromatic heterocycles. The molecule has 18 heavy (non-hydrogen) atoms. The van der Waals surface area contributed by atoms with E-state index in [0.29, 0.717) is 13.1 Å². The number of fused-ring (bicyclic) bond motifs is 1. The van der Waals surface area contributed by atoms with E-state index in [2.05, 4.69) is 10.3 Å². The van der Waals surface area contributed by atoms with Gasteiger partial charge < -0.3 is 25.2 Å². The molecule has 5 atom stereocenters. The van der Waals surface area contributed by atoms with Gasteiger partial charge in [0, 0.05) is 13.1 Å². The largest absolute Gasteiger partial charge is 0.388 e. The van der Waals surface area contributed by atoms with Crippen molar-refractivity contribution in [3.8, 4) is 0 Å². The summed E-state index contributed by atoms with van der Waals surface area (Å²) in [6.45, 7) is 3.23. The molecule has 2 rings (SSSR count). The number of nitrogens with one attached hydrogen (secondary N) is 1. The number of amidine groups is 1. The van der Waals surface area contributed by atoms with E-state index in [1.807, 2.05) is 25.9 Å². The van der Waals surface area contributed by atoms with Crippen LogP contribution in [-0.4, -0.2) is 77.3 Å². The molecule has 0 aromatic rings. The molecule has 0 unspecified atom stereocenters. The SMILES string of the molecule is CCN=C1N[C@@H]2[C@@H](O)[C@H](O)[C@@H](CN(C)C)O[C@@H]2S1. The fraction of sp³-hybridized carbons (Fsp3) is 0.909. The number of nitrogens with zero attached hydrogens (tertiary/aromatic N) is 2. The normalized spacial score (nSPS) is 42.1. The quantitative estimate of drug-likeness (QED) is 0.618. The van der Waals surface area contributed by atoms with Crippen molar-refractivity contribution in [1.29, 1.82) is 0 Å². The van der Waals surface area contributed by atoms with Gasteiger partial charge in [-0.15, -0.1) is 0 Å². The molecule has 2 heterocycles. The molecule has 0 amide bonds. The maximum atomic E-state index is 10.1. The van der Waals surface area contributed by atoms with Crippen LogP contribution in [0, 0.1) is 0 Å². The second-order valence-corrected chi connectivity index (χ2v) is 5.94. The first-order chi connectivity index (χ1) is 8.52. The van der Waals surface area contributed by atoms with Gasteiger partial charge >= 0.3 is 0 Å². The number of rotatable bonds is 3. The highest BCUT2D eigenvalue weighted by atomic mass is 32.2. The predicted molar refractivity (Wildman–Crippen MR) is 71.7 cm³/mol. The van der Waals surface area contributed by atoms with Gasteiger partial charge in [-0.3, -0.25) is 4.99 Å². The highest BCUT2D eigenvalue weighted by Gasteiger charge is 2.48. The molecule has 3 N–H and O–H groups in total.